The van der Waals surface area contributed by atoms with Crippen molar-refractivity contribution in [3.63, 3.8) is 0 Å². The lowest BCUT2D eigenvalue weighted by atomic mass is 10.0. The van der Waals surface area contributed by atoms with Crippen LogP contribution in [0.4, 0.5) is 0 Å². The molecule has 0 spiro atoms. The summed E-state index contributed by atoms with van der Waals surface area (Å²) in [5.74, 6) is 0.586. The second kappa shape index (κ2) is 26.9. The Labute approximate surface area is 410 Å². The van der Waals surface area contributed by atoms with Crippen LogP contribution < -0.4 is 18.9 Å². The lowest BCUT2D eigenvalue weighted by molar-refractivity contribution is 0.0977. The fourth-order valence-corrected chi connectivity index (χ4v) is 6.34. The van der Waals surface area contributed by atoms with E-state index in [0.717, 1.165) is 22.8 Å². The van der Waals surface area contributed by atoms with Gasteiger partial charge in [-0.2, -0.15) is 0 Å². The smallest absolute Gasteiger partial charge is 0.189 e. The number of allylic oxidation sites excluding steroid dienone is 1. The summed E-state index contributed by atoms with van der Waals surface area (Å²) < 4.78 is 20.3. The summed E-state index contributed by atoms with van der Waals surface area (Å²) in [6, 6.07) is 37.3. The number of hydrogen-bond donors (Lipinski definition) is 7. The van der Waals surface area contributed by atoms with Crippen LogP contribution >= 0.6 is 0 Å². The van der Waals surface area contributed by atoms with E-state index in [1.165, 1.54) is 82.9 Å². The molecule has 0 unspecified atom stereocenters. The van der Waals surface area contributed by atoms with Gasteiger partial charge in [0.15, 0.2) is 51.8 Å². The molecular formula is C56H54O15. The maximum atomic E-state index is 12.0. The maximum Gasteiger partial charge on any atom is 0.189 e. The molecule has 7 rings (SSSR count). The number of ether oxygens (including phenoxy) is 4. The Hall–Kier alpha value is -9.24. The fourth-order valence-electron chi connectivity index (χ4n) is 6.34. The second-order valence-electron chi connectivity index (χ2n) is 15.3. The number of ketones is 3. The van der Waals surface area contributed by atoms with Crippen LogP contribution in [0.15, 0.2) is 146 Å². The number of rotatable bonds is 15. The quantitative estimate of drug-likeness (QED) is 0.0287. The first-order valence-electron chi connectivity index (χ1n) is 21.6. The minimum atomic E-state index is -0.292. The number of aldehydes is 1. The van der Waals surface area contributed by atoms with Crippen molar-refractivity contribution in [1.29, 1.82) is 0 Å². The number of Topliss-reactive ketones (excluding diaryl/α,β-unsaturated/α-hetero) is 2. The van der Waals surface area contributed by atoms with Crippen LogP contribution in [-0.4, -0.2) is 80.7 Å². The molecule has 0 aliphatic rings. The lowest BCUT2D eigenvalue weighted by Gasteiger charge is -2.08. The molecule has 15 nitrogen and oxygen atoms in total. The zero-order chi connectivity index (χ0) is 52.0. The van der Waals surface area contributed by atoms with Gasteiger partial charge in [0, 0.05) is 24.1 Å². The summed E-state index contributed by atoms with van der Waals surface area (Å²) in [4.78, 5) is 45.5. The lowest BCUT2D eigenvalue weighted by Crippen LogP contribution is -2.01. The highest BCUT2D eigenvalue weighted by Crippen LogP contribution is 2.30. The first-order valence-corrected chi connectivity index (χ1v) is 21.6. The minimum absolute atomic E-state index is 0.0343. The Bertz CT molecular complexity index is 2960. The normalized spacial score (nSPS) is 10.2. The summed E-state index contributed by atoms with van der Waals surface area (Å²) in [5, 5.41) is 66.4. The number of benzene rings is 7. The molecule has 0 aliphatic heterocycles. The highest BCUT2D eigenvalue weighted by Gasteiger charge is 2.13. The summed E-state index contributed by atoms with van der Waals surface area (Å²) in [5.41, 5.74) is 4.72. The molecule has 368 valence electrons. The number of aromatic hydroxyl groups is 7. The van der Waals surface area contributed by atoms with Crippen molar-refractivity contribution in [3.8, 4) is 63.2 Å². The predicted molar refractivity (Wildman–Crippen MR) is 267 cm³/mol. The highest BCUT2D eigenvalue weighted by molar-refractivity contribution is 6.08. The van der Waals surface area contributed by atoms with E-state index in [2.05, 4.69) is 0 Å². The van der Waals surface area contributed by atoms with E-state index in [9.17, 15) is 49.8 Å². The molecule has 0 aliphatic carbocycles. The first kappa shape index (κ1) is 54.4. The standard InChI is InChI=1S/C17H16O4.C16H16O5.C15H14O3.C8H8O3/c1-11-3-6-13(16(20)9-11)14(18)7-4-12-5-8-15(19)17(10-12)21-2;1-21-16-8-10(3-7-14(16)19)2-6-13(18)12-5-4-11(17)9-15(12)20;1-11(16)14-8-7-13(9-15(14)17)18-10-12-5-3-2-4-6-12;1-11-8-4-6(5-9)2-3-7(8)10/h3-10,19-20H,1-2H3;3-5,7-9,17,19-20H,2,6H2,1H3;2-9,17H,10H2,1H3;2-5,10H,1H3/b7-4+;;;. The van der Waals surface area contributed by atoms with Crippen molar-refractivity contribution >= 4 is 29.7 Å². The fraction of sp³-hybridized carbons (Fsp3) is 0.143. The zero-order valence-electron chi connectivity index (χ0n) is 39.5. The number of methoxy groups -OCH3 is 3. The van der Waals surface area contributed by atoms with Crippen LogP contribution in [0, 0.1) is 6.92 Å². The zero-order valence-corrected chi connectivity index (χ0v) is 39.5. The Kier molecular flexibility index (Phi) is 20.6. The number of phenolic OH excluding ortho intramolecular Hbond substituents is 7. The summed E-state index contributed by atoms with van der Waals surface area (Å²) >= 11 is 0. The van der Waals surface area contributed by atoms with Gasteiger partial charge in [-0.25, -0.2) is 0 Å². The van der Waals surface area contributed by atoms with Gasteiger partial charge in [0.1, 0.15) is 41.6 Å². The average Bonchev–Trinajstić information content (AvgIpc) is 3.36. The van der Waals surface area contributed by atoms with E-state index in [4.69, 9.17) is 24.1 Å². The monoisotopic (exact) mass is 966 g/mol. The molecule has 0 saturated carbocycles. The van der Waals surface area contributed by atoms with Gasteiger partial charge in [-0.15, -0.1) is 0 Å². The highest BCUT2D eigenvalue weighted by atomic mass is 16.5. The molecule has 15 heteroatoms. The molecule has 0 bridgehead atoms. The van der Waals surface area contributed by atoms with Crippen molar-refractivity contribution in [2.75, 3.05) is 21.3 Å². The number of carbonyl (C=O) groups excluding carboxylic acids is 4. The third-order valence-electron chi connectivity index (χ3n) is 10.2. The van der Waals surface area contributed by atoms with Gasteiger partial charge in [0.25, 0.3) is 0 Å². The molecular weight excluding hydrogens is 913 g/mol. The molecule has 0 radical (unpaired) electrons. The third kappa shape index (κ3) is 16.8. The number of hydrogen-bond acceptors (Lipinski definition) is 15. The minimum Gasteiger partial charge on any atom is -0.508 e. The largest absolute Gasteiger partial charge is 0.508 e. The van der Waals surface area contributed by atoms with Crippen molar-refractivity contribution in [3.05, 3.63) is 190 Å². The maximum absolute atomic E-state index is 12.0. The van der Waals surface area contributed by atoms with E-state index in [0.29, 0.717) is 59.0 Å². The van der Waals surface area contributed by atoms with Crippen molar-refractivity contribution in [1.82, 2.24) is 0 Å². The van der Waals surface area contributed by atoms with E-state index in [1.54, 1.807) is 60.7 Å². The number of aryl methyl sites for hydroxylation is 2. The molecule has 0 aromatic heterocycles. The van der Waals surface area contributed by atoms with Gasteiger partial charge in [-0.3, -0.25) is 19.2 Å². The van der Waals surface area contributed by atoms with Crippen LogP contribution in [0.1, 0.15) is 77.0 Å². The predicted octanol–water partition coefficient (Wildman–Crippen LogP) is 10.3. The Morgan fingerprint density at radius 1 is 0.521 bits per heavy atom. The topological polar surface area (TPSA) is 247 Å². The molecule has 7 aromatic rings. The molecule has 0 saturated heterocycles. The van der Waals surface area contributed by atoms with Gasteiger partial charge in [-0.05, 0) is 127 Å². The average molecular weight is 967 g/mol. The van der Waals surface area contributed by atoms with E-state index in [1.807, 2.05) is 37.3 Å². The molecule has 0 heterocycles. The molecule has 7 N–H and O–H groups in total. The number of carbonyl (C=O) groups is 4. The van der Waals surface area contributed by atoms with E-state index in [-0.39, 0.29) is 75.1 Å². The van der Waals surface area contributed by atoms with E-state index < -0.39 is 0 Å². The second-order valence-corrected chi connectivity index (χ2v) is 15.3. The molecule has 71 heavy (non-hydrogen) atoms. The van der Waals surface area contributed by atoms with E-state index >= 15 is 0 Å². The Morgan fingerprint density at radius 3 is 1.65 bits per heavy atom. The van der Waals surface area contributed by atoms with Crippen LogP contribution in [0.25, 0.3) is 6.08 Å². The van der Waals surface area contributed by atoms with Crippen LogP contribution in [0.2, 0.25) is 0 Å². The van der Waals surface area contributed by atoms with Gasteiger partial charge in [0.2, 0.25) is 0 Å². The van der Waals surface area contributed by atoms with Crippen LogP contribution in [-0.2, 0) is 13.0 Å². The Balaban J connectivity index is 0.000000210. The molecule has 7 aromatic carbocycles. The SMILES string of the molecule is CC(=O)c1ccc(OCc2ccccc2)cc1O.COc1cc(/C=C/C(=O)c2ccc(C)cc2O)ccc1O.COc1cc(C=O)ccc1O.COc1cc(CCC(=O)c2ccc(O)cc2O)ccc1O. The Morgan fingerprint density at radius 2 is 1.07 bits per heavy atom. The summed E-state index contributed by atoms with van der Waals surface area (Å²) in [6.07, 6.45) is 4.32. The summed E-state index contributed by atoms with van der Waals surface area (Å²) in [6.45, 7) is 3.69. The third-order valence-corrected chi connectivity index (χ3v) is 10.2. The molecule has 0 atom stereocenters. The van der Waals surface area contributed by atoms with Crippen LogP contribution in [0.3, 0.4) is 0 Å². The van der Waals surface area contributed by atoms with Gasteiger partial charge in [-0.1, -0.05) is 54.6 Å². The molecule has 0 amide bonds. The first-order chi connectivity index (χ1) is 34.0. The summed E-state index contributed by atoms with van der Waals surface area (Å²) in [7, 11) is 4.35. The van der Waals surface area contributed by atoms with Gasteiger partial charge < -0.3 is 54.7 Å². The van der Waals surface area contributed by atoms with Gasteiger partial charge in [0.05, 0.1) is 38.0 Å². The molecule has 0 fully saturated rings. The van der Waals surface area contributed by atoms with Crippen molar-refractivity contribution < 1.29 is 73.9 Å². The van der Waals surface area contributed by atoms with Crippen molar-refractivity contribution in [2.24, 2.45) is 0 Å². The number of phenols is 7. The van der Waals surface area contributed by atoms with Crippen molar-refractivity contribution in [2.45, 2.75) is 33.3 Å². The van der Waals surface area contributed by atoms with Crippen LogP contribution in [0.5, 0.6) is 63.2 Å². The van der Waals surface area contributed by atoms with Gasteiger partial charge >= 0.3 is 0 Å².